The molecule has 2 aromatic carbocycles. The van der Waals surface area contributed by atoms with Crippen LogP contribution in [-0.2, 0) is 16.1 Å². The Balaban J connectivity index is 1.63. The second-order valence-corrected chi connectivity index (χ2v) is 7.09. The Labute approximate surface area is 152 Å². The molecule has 0 spiro atoms. The first-order chi connectivity index (χ1) is 12.0. The lowest BCUT2D eigenvalue weighted by atomic mass is 10.2. The van der Waals surface area contributed by atoms with Crippen molar-refractivity contribution in [3.05, 3.63) is 54.1 Å². The number of carbonyl (C=O) groups excluding carboxylic acids is 2. The van der Waals surface area contributed by atoms with Crippen molar-refractivity contribution in [3.63, 3.8) is 0 Å². The summed E-state index contributed by atoms with van der Waals surface area (Å²) in [6.07, 6.45) is 0. The number of hydrogen-bond donors (Lipinski definition) is 1. The molecule has 2 aromatic rings. The molecule has 0 atom stereocenters. The van der Waals surface area contributed by atoms with Crippen LogP contribution in [0, 0.1) is 0 Å². The molecule has 130 valence electrons. The van der Waals surface area contributed by atoms with E-state index in [9.17, 15) is 9.59 Å². The van der Waals surface area contributed by atoms with Crippen LogP contribution in [0.3, 0.4) is 0 Å². The van der Waals surface area contributed by atoms with Crippen LogP contribution < -0.4 is 15.1 Å². The van der Waals surface area contributed by atoms with E-state index in [1.807, 2.05) is 67.5 Å². The van der Waals surface area contributed by atoms with Gasteiger partial charge in [-0.2, -0.15) is 0 Å². The molecule has 0 aromatic heterocycles. The number of fused-ring (bicyclic) bond motifs is 1. The Bertz CT molecular complexity index is 792. The lowest BCUT2D eigenvalue weighted by Gasteiger charge is -2.28. The highest BCUT2D eigenvalue weighted by Gasteiger charge is 2.26. The molecule has 1 heterocycles. The molecule has 0 unspecified atom stereocenters. The summed E-state index contributed by atoms with van der Waals surface area (Å²) in [6, 6.07) is 15.7. The minimum atomic E-state index is -0.162. The average Bonchev–Trinajstić information content (AvgIpc) is 2.62. The zero-order chi connectivity index (χ0) is 17.8. The third kappa shape index (κ3) is 4.14. The van der Waals surface area contributed by atoms with E-state index in [1.165, 1.54) is 11.8 Å². The quantitative estimate of drug-likeness (QED) is 0.895. The largest absolute Gasteiger partial charge is 0.378 e. The zero-order valence-electron chi connectivity index (χ0n) is 14.4. The molecule has 6 heteroatoms. The van der Waals surface area contributed by atoms with Gasteiger partial charge in [0.05, 0.1) is 11.4 Å². The van der Waals surface area contributed by atoms with Gasteiger partial charge < -0.3 is 15.1 Å². The summed E-state index contributed by atoms with van der Waals surface area (Å²) in [5.41, 5.74) is 2.93. The number of hydrogen-bond acceptors (Lipinski definition) is 4. The van der Waals surface area contributed by atoms with Gasteiger partial charge in [-0.05, 0) is 29.8 Å². The SMILES string of the molecule is CN(C)c1cccc(CNC(=O)CN2C(=O)CSc3ccccc32)c1. The highest BCUT2D eigenvalue weighted by Crippen LogP contribution is 2.34. The summed E-state index contributed by atoms with van der Waals surface area (Å²) < 4.78 is 0. The zero-order valence-corrected chi connectivity index (χ0v) is 15.2. The van der Waals surface area contributed by atoms with Gasteiger partial charge in [0.1, 0.15) is 6.54 Å². The van der Waals surface area contributed by atoms with Gasteiger partial charge in [0, 0.05) is 31.2 Å². The Kier molecular flexibility index (Phi) is 5.28. The number of rotatable bonds is 5. The molecule has 1 aliphatic heterocycles. The van der Waals surface area contributed by atoms with Crippen LogP contribution in [0.5, 0.6) is 0 Å². The van der Waals surface area contributed by atoms with Crippen LogP contribution in [0.25, 0.3) is 0 Å². The lowest BCUT2D eigenvalue weighted by Crippen LogP contribution is -2.43. The number of anilines is 2. The van der Waals surface area contributed by atoms with E-state index in [4.69, 9.17) is 0 Å². The van der Waals surface area contributed by atoms with E-state index in [-0.39, 0.29) is 18.4 Å². The molecule has 0 radical (unpaired) electrons. The molecule has 5 nitrogen and oxygen atoms in total. The van der Waals surface area contributed by atoms with Crippen LogP contribution in [-0.4, -0.2) is 38.2 Å². The van der Waals surface area contributed by atoms with E-state index in [1.54, 1.807) is 4.90 Å². The monoisotopic (exact) mass is 355 g/mol. The van der Waals surface area contributed by atoms with Gasteiger partial charge in [0.25, 0.3) is 0 Å². The fraction of sp³-hybridized carbons (Fsp3) is 0.263. The van der Waals surface area contributed by atoms with Crippen LogP contribution in [0.2, 0.25) is 0 Å². The van der Waals surface area contributed by atoms with Crippen LogP contribution in [0.1, 0.15) is 5.56 Å². The molecule has 3 rings (SSSR count). The van der Waals surface area contributed by atoms with E-state index in [0.29, 0.717) is 12.3 Å². The molecule has 1 N–H and O–H groups in total. The summed E-state index contributed by atoms with van der Waals surface area (Å²) in [5, 5.41) is 2.91. The molecule has 0 bridgehead atoms. The molecule has 0 aliphatic carbocycles. The van der Waals surface area contributed by atoms with Gasteiger partial charge in [0.15, 0.2) is 0 Å². The topological polar surface area (TPSA) is 52.7 Å². The second kappa shape index (κ2) is 7.61. The summed E-state index contributed by atoms with van der Waals surface area (Å²) in [4.78, 5) is 29.2. The van der Waals surface area contributed by atoms with Gasteiger partial charge in [-0.3, -0.25) is 9.59 Å². The van der Waals surface area contributed by atoms with E-state index in [0.717, 1.165) is 21.8 Å². The van der Waals surface area contributed by atoms with Crippen LogP contribution in [0.4, 0.5) is 11.4 Å². The van der Waals surface area contributed by atoms with E-state index >= 15 is 0 Å². The first-order valence-electron chi connectivity index (χ1n) is 8.10. The first-order valence-corrected chi connectivity index (χ1v) is 9.08. The number of benzene rings is 2. The lowest BCUT2D eigenvalue weighted by molar-refractivity contribution is -0.123. The number of amides is 2. The van der Waals surface area contributed by atoms with E-state index < -0.39 is 0 Å². The average molecular weight is 355 g/mol. The third-order valence-corrected chi connectivity index (χ3v) is 5.07. The van der Waals surface area contributed by atoms with Crippen molar-refractivity contribution in [2.45, 2.75) is 11.4 Å². The fourth-order valence-electron chi connectivity index (χ4n) is 2.67. The van der Waals surface area contributed by atoms with Crippen molar-refractivity contribution in [2.75, 3.05) is 36.2 Å². The minimum Gasteiger partial charge on any atom is -0.378 e. The maximum atomic E-state index is 12.3. The van der Waals surface area contributed by atoms with Crippen molar-refractivity contribution in [1.29, 1.82) is 0 Å². The maximum Gasteiger partial charge on any atom is 0.240 e. The van der Waals surface area contributed by atoms with Crippen LogP contribution >= 0.6 is 11.8 Å². The first kappa shape index (κ1) is 17.4. The van der Waals surface area contributed by atoms with Crippen molar-refractivity contribution in [1.82, 2.24) is 5.32 Å². The number of nitrogens with one attached hydrogen (secondary N) is 1. The molecular formula is C19H21N3O2S. The van der Waals surface area contributed by atoms with Crippen molar-refractivity contribution in [3.8, 4) is 0 Å². The van der Waals surface area contributed by atoms with Gasteiger partial charge in [0.2, 0.25) is 11.8 Å². The van der Waals surface area contributed by atoms with Gasteiger partial charge in [-0.25, -0.2) is 0 Å². The molecule has 25 heavy (non-hydrogen) atoms. The van der Waals surface area contributed by atoms with Gasteiger partial charge in [-0.1, -0.05) is 24.3 Å². The van der Waals surface area contributed by atoms with Gasteiger partial charge >= 0.3 is 0 Å². The molecule has 0 saturated heterocycles. The van der Waals surface area contributed by atoms with Crippen molar-refractivity contribution in [2.24, 2.45) is 0 Å². The summed E-state index contributed by atoms with van der Waals surface area (Å²) in [7, 11) is 3.96. The summed E-state index contributed by atoms with van der Waals surface area (Å²) >= 11 is 1.51. The third-order valence-electron chi connectivity index (χ3n) is 4.03. The van der Waals surface area contributed by atoms with Crippen molar-refractivity contribution < 1.29 is 9.59 Å². The minimum absolute atomic E-state index is 0.0338. The Morgan fingerprint density at radius 3 is 2.80 bits per heavy atom. The summed E-state index contributed by atoms with van der Waals surface area (Å²) in [5.74, 6) is 0.175. The second-order valence-electron chi connectivity index (χ2n) is 6.08. The number of carbonyl (C=O) groups is 2. The smallest absolute Gasteiger partial charge is 0.240 e. The predicted octanol–water partition coefficient (Wildman–Crippen LogP) is 2.51. The molecule has 1 aliphatic rings. The Hall–Kier alpha value is -2.47. The molecular weight excluding hydrogens is 334 g/mol. The standard InChI is InChI=1S/C19H21N3O2S/c1-21(2)15-7-5-6-14(10-15)11-20-18(23)12-22-16-8-3-4-9-17(16)25-13-19(22)24/h3-10H,11-13H2,1-2H3,(H,20,23). The maximum absolute atomic E-state index is 12.3. The number of nitrogens with zero attached hydrogens (tertiary/aromatic N) is 2. The molecule has 2 amide bonds. The van der Waals surface area contributed by atoms with Gasteiger partial charge in [-0.15, -0.1) is 11.8 Å². The highest BCUT2D eigenvalue weighted by molar-refractivity contribution is 8.00. The predicted molar refractivity (Wildman–Crippen MR) is 102 cm³/mol. The molecule has 0 fully saturated rings. The number of para-hydroxylation sites is 1. The Morgan fingerprint density at radius 1 is 1.20 bits per heavy atom. The van der Waals surface area contributed by atoms with Crippen LogP contribution in [0.15, 0.2) is 53.4 Å². The highest BCUT2D eigenvalue weighted by atomic mass is 32.2. The fourth-order valence-corrected chi connectivity index (χ4v) is 3.61. The van der Waals surface area contributed by atoms with E-state index in [2.05, 4.69) is 5.32 Å². The molecule has 0 saturated carbocycles. The number of thioether (sulfide) groups is 1. The Morgan fingerprint density at radius 2 is 2.00 bits per heavy atom. The van der Waals surface area contributed by atoms with Crippen molar-refractivity contribution >= 4 is 35.0 Å². The normalized spacial score (nSPS) is 13.4. The summed E-state index contributed by atoms with van der Waals surface area (Å²) in [6.45, 7) is 0.489.